The molecule has 1 aromatic heterocycles. The van der Waals surface area contributed by atoms with Gasteiger partial charge in [-0.3, -0.25) is 0 Å². The molecule has 0 spiro atoms. The third-order valence-electron chi connectivity index (χ3n) is 4.39. The molecule has 102 valence electrons. The molecule has 2 heterocycles. The Kier molecular flexibility index (Phi) is 2.69. The van der Waals surface area contributed by atoms with Gasteiger partial charge in [0.15, 0.2) is 4.77 Å². The molecule has 2 atom stereocenters. The van der Waals surface area contributed by atoms with Crippen LogP contribution >= 0.6 is 12.2 Å². The second-order valence-corrected chi connectivity index (χ2v) is 6.03. The Morgan fingerprint density at radius 2 is 2.20 bits per heavy atom. The average Bonchev–Trinajstić information content (AvgIpc) is 3.09. The van der Waals surface area contributed by atoms with Crippen molar-refractivity contribution in [3.05, 3.63) is 28.5 Å². The van der Waals surface area contributed by atoms with E-state index in [4.69, 9.17) is 17.0 Å². The molecule has 4 rings (SSSR count). The largest absolute Gasteiger partial charge is 0.376 e. The predicted molar refractivity (Wildman–Crippen MR) is 78.0 cm³/mol. The fourth-order valence-electron chi connectivity index (χ4n) is 3.32. The molecule has 1 N–H and O–H groups in total. The minimum absolute atomic E-state index is 0.284. The van der Waals surface area contributed by atoms with Crippen molar-refractivity contribution in [1.82, 2.24) is 9.55 Å². The summed E-state index contributed by atoms with van der Waals surface area (Å²) >= 11 is 5.50. The number of hydrogen-bond acceptors (Lipinski definition) is 3. The number of aromatic nitrogens is 2. The second kappa shape index (κ2) is 4.44. The van der Waals surface area contributed by atoms with Gasteiger partial charge in [0.05, 0.1) is 28.7 Å². The third-order valence-corrected chi connectivity index (χ3v) is 4.69. The van der Waals surface area contributed by atoms with Crippen LogP contribution in [0.1, 0.15) is 30.9 Å². The fraction of sp³-hybridized carbons (Fsp3) is 0.467. The summed E-state index contributed by atoms with van der Waals surface area (Å²) in [6.07, 6.45) is 3.81. The zero-order valence-corrected chi connectivity index (χ0v) is 11.8. The lowest BCUT2D eigenvalue weighted by Gasteiger charge is -2.20. The van der Waals surface area contributed by atoms with Gasteiger partial charge in [-0.2, -0.15) is 5.26 Å². The molecule has 2 unspecified atom stereocenters. The third kappa shape index (κ3) is 1.72. The maximum atomic E-state index is 9.21. The topological polar surface area (TPSA) is 53.7 Å². The number of hydrogen-bond donors (Lipinski definition) is 1. The van der Waals surface area contributed by atoms with Crippen molar-refractivity contribution < 1.29 is 4.74 Å². The van der Waals surface area contributed by atoms with Crippen molar-refractivity contribution in [2.24, 2.45) is 5.92 Å². The van der Waals surface area contributed by atoms with E-state index >= 15 is 0 Å². The molecule has 4 nitrogen and oxygen atoms in total. The smallest absolute Gasteiger partial charge is 0.178 e. The number of rotatable bonds is 2. The van der Waals surface area contributed by atoms with Crippen LogP contribution in [0, 0.1) is 22.0 Å². The van der Waals surface area contributed by atoms with E-state index in [9.17, 15) is 5.26 Å². The summed E-state index contributed by atoms with van der Waals surface area (Å²) in [6, 6.07) is 8.30. The molecule has 0 amide bonds. The highest BCUT2D eigenvalue weighted by atomic mass is 32.1. The quantitative estimate of drug-likeness (QED) is 0.861. The van der Waals surface area contributed by atoms with Gasteiger partial charge < -0.3 is 14.3 Å². The SMILES string of the molecule is N#Cc1cccc2c1[nH]c(=S)n2C1CCOC1C1CC1. The van der Waals surface area contributed by atoms with E-state index in [2.05, 4.69) is 15.6 Å². The van der Waals surface area contributed by atoms with Gasteiger partial charge >= 0.3 is 0 Å². The van der Waals surface area contributed by atoms with Gasteiger partial charge in [0.25, 0.3) is 0 Å². The summed E-state index contributed by atoms with van der Waals surface area (Å²) in [5, 5.41) is 9.21. The highest BCUT2D eigenvalue weighted by molar-refractivity contribution is 7.71. The average molecular weight is 285 g/mol. The fourth-order valence-corrected chi connectivity index (χ4v) is 3.66. The van der Waals surface area contributed by atoms with Gasteiger partial charge in [-0.15, -0.1) is 0 Å². The molecule has 2 aromatic rings. The molecule has 0 radical (unpaired) electrons. The van der Waals surface area contributed by atoms with Gasteiger partial charge in [-0.1, -0.05) is 6.07 Å². The van der Waals surface area contributed by atoms with Crippen molar-refractivity contribution in [2.75, 3.05) is 6.61 Å². The molecule has 1 aliphatic heterocycles. The van der Waals surface area contributed by atoms with Crippen LogP contribution in [0.25, 0.3) is 11.0 Å². The first-order valence-electron chi connectivity index (χ1n) is 7.04. The van der Waals surface area contributed by atoms with E-state index in [0.29, 0.717) is 22.3 Å². The molecule has 1 saturated heterocycles. The molecule has 20 heavy (non-hydrogen) atoms. The van der Waals surface area contributed by atoms with Crippen LogP contribution in [0.4, 0.5) is 0 Å². The van der Waals surface area contributed by atoms with Crippen molar-refractivity contribution in [1.29, 1.82) is 5.26 Å². The number of nitrogens with one attached hydrogen (secondary N) is 1. The highest BCUT2D eigenvalue weighted by Gasteiger charge is 2.42. The van der Waals surface area contributed by atoms with Gasteiger partial charge in [0, 0.05) is 6.61 Å². The molecule has 0 bridgehead atoms. The molecule has 1 aliphatic carbocycles. The number of nitriles is 1. The number of aromatic amines is 1. The standard InChI is InChI=1S/C15H15N3OS/c16-8-10-2-1-3-11-13(10)17-15(20)18(11)12-6-7-19-14(12)9-4-5-9/h1-3,9,12,14H,4-7H2,(H,17,20). The van der Waals surface area contributed by atoms with Crippen molar-refractivity contribution >= 4 is 23.3 Å². The van der Waals surface area contributed by atoms with E-state index in [1.807, 2.05) is 18.2 Å². The van der Waals surface area contributed by atoms with Gasteiger partial charge in [0.2, 0.25) is 0 Å². The van der Waals surface area contributed by atoms with E-state index in [1.165, 1.54) is 12.8 Å². The first kappa shape index (κ1) is 12.1. The highest BCUT2D eigenvalue weighted by Crippen LogP contribution is 2.44. The number of imidazole rings is 1. The van der Waals surface area contributed by atoms with Gasteiger partial charge in [0.1, 0.15) is 6.07 Å². The summed E-state index contributed by atoms with van der Waals surface area (Å²) in [4.78, 5) is 3.20. The van der Waals surface area contributed by atoms with Crippen LogP contribution in [-0.4, -0.2) is 22.3 Å². The Bertz CT molecular complexity index is 765. The second-order valence-electron chi connectivity index (χ2n) is 5.64. The molecule has 2 fully saturated rings. The lowest BCUT2D eigenvalue weighted by Crippen LogP contribution is -2.22. The van der Waals surface area contributed by atoms with E-state index in [0.717, 1.165) is 24.1 Å². The van der Waals surface area contributed by atoms with Crippen LogP contribution in [0.5, 0.6) is 0 Å². The van der Waals surface area contributed by atoms with Crippen LogP contribution in [0.2, 0.25) is 0 Å². The Hall–Kier alpha value is -1.64. The lowest BCUT2D eigenvalue weighted by molar-refractivity contribution is 0.0756. The van der Waals surface area contributed by atoms with Crippen molar-refractivity contribution in [3.8, 4) is 6.07 Å². The van der Waals surface area contributed by atoms with E-state index < -0.39 is 0 Å². The minimum atomic E-state index is 0.284. The molecular formula is C15H15N3OS. The summed E-state index contributed by atoms with van der Waals surface area (Å²) < 4.78 is 8.79. The number of fused-ring (bicyclic) bond motifs is 1. The monoisotopic (exact) mass is 285 g/mol. The summed E-state index contributed by atoms with van der Waals surface area (Å²) in [6.45, 7) is 0.804. The number of ether oxygens (including phenoxy) is 1. The van der Waals surface area contributed by atoms with Crippen molar-refractivity contribution in [2.45, 2.75) is 31.4 Å². The lowest BCUT2D eigenvalue weighted by atomic mass is 10.1. The summed E-state index contributed by atoms with van der Waals surface area (Å²) in [5.41, 5.74) is 2.52. The van der Waals surface area contributed by atoms with Crippen LogP contribution in [0.15, 0.2) is 18.2 Å². The van der Waals surface area contributed by atoms with E-state index in [1.54, 1.807) is 0 Å². The Balaban J connectivity index is 1.89. The van der Waals surface area contributed by atoms with E-state index in [-0.39, 0.29) is 6.10 Å². The van der Waals surface area contributed by atoms with Gasteiger partial charge in [-0.25, -0.2) is 0 Å². The number of para-hydroxylation sites is 1. The Labute approximate surface area is 122 Å². The summed E-state index contributed by atoms with van der Waals surface area (Å²) in [7, 11) is 0. The first-order valence-corrected chi connectivity index (χ1v) is 7.45. The molecule has 5 heteroatoms. The molecule has 1 saturated carbocycles. The molecule has 2 aliphatic rings. The zero-order valence-electron chi connectivity index (χ0n) is 11.0. The molecule has 1 aromatic carbocycles. The van der Waals surface area contributed by atoms with Crippen LogP contribution < -0.4 is 0 Å². The normalized spacial score (nSPS) is 25.9. The van der Waals surface area contributed by atoms with Gasteiger partial charge in [-0.05, 0) is 49.5 Å². The minimum Gasteiger partial charge on any atom is -0.376 e. The molecular weight excluding hydrogens is 270 g/mol. The number of benzene rings is 1. The Morgan fingerprint density at radius 3 is 2.95 bits per heavy atom. The maximum absolute atomic E-state index is 9.21. The number of H-pyrrole nitrogens is 1. The van der Waals surface area contributed by atoms with Crippen LogP contribution in [0.3, 0.4) is 0 Å². The number of nitrogens with zero attached hydrogens (tertiary/aromatic N) is 2. The van der Waals surface area contributed by atoms with Crippen molar-refractivity contribution in [3.63, 3.8) is 0 Å². The maximum Gasteiger partial charge on any atom is 0.178 e. The van der Waals surface area contributed by atoms with Crippen LogP contribution in [-0.2, 0) is 4.74 Å². The summed E-state index contributed by atoms with van der Waals surface area (Å²) in [5.74, 6) is 0.688. The Morgan fingerprint density at radius 1 is 1.35 bits per heavy atom. The first-order chi connectivity index (χ1) is 9.79. The zero-order chi connectivity index (χ0) is 13.7. The predicted octanol–water partition coefficient (Wildman–Crippen LogP) is 3.31.